The monoisotopic (exact) mass is 350 g/mol. The average molecular weight is 350 g/mol. The second kappa shape index (κ2) is 7.05. The van der Waals surface area contributed by atoms with E-state index in [1.54, 1.807) is 36.4 Å². The van der Waals surface area contributed by atoms with Crippen molar-refractivity contribution in [2.45, 2.75) is 13.3 Å². The first kappa shape index (κ1) is 17.1. The highest BCUT2D eigenvalue weighted by Crippen LogP contribution is 2.33. The maximum atomic E-state index is 13.4. The molecule has 3 rings (SSSR count). The molecule has 8 heteroatoms. The van der Waals surface area contributed by atoms with Crippen molar-refractivity contribution in [3.63, 3.8) is 0 Å². The van der Waals surface area contributed by atoms with Crippen LogP contribution in [0.15, 0.2) is 53.6 Å². The third-order valence-corrected chi connectivity index (χ3v) is 3.81. The highest BCUT2D eigenvalue weighted by Gasteiger charge is 2.25. The molecule has 0 unspecified atom stereocenters. The zero-order chi connectivity index (χ0) is 18.7. The number of aromatic nitrogens is 2. The number of alkyl halides is 2. The lowest BCUT2D eigenvalue weighted by molar-refractivity contribution is 0.145. The predicted molar refractivity (Wildman–Crippen MR) is 92.2 cm³/mol. The van der Waals surface area contributed by atoms with Crippen LogP contribution < -0.4 is 0 Å². The van der Waals surface area contributed by atoms with Gasteiger partial charge in [-0.1, -0.05) is 47.1 Å². The van der Waals surface area contributed by atoms with Crippen LogP contribution in [0, 0.1) is 18.3 Å². The summed E-state index contributed by atoms with van der Waals surface area (Å²) in [5.41, 5.74) is 10.5. The molecule has 0 aliphatic heterocycles. The molecule has 6 nitrogen and oxygen atoms in total. The average Bonchev–Trinajstić information content (AvgIpc) is 3.03. The van der Waals surface area contributed by atoms with Gasteiger partial charge in [0.25, 0.3) is 6.43 Å². The molecule has 2 aromatic carbocycles. The standard InChI is InChI=1S/C18H12F2N6/c1-11-2-4-12(5-3-11)17-15(10-21)16(18(19)20)24-26(17)14-8-6-13(7-9-14)23-25-22/h2-9,18H,1H3. The third-order valence-electron chi connectivity index (χ3n) is 3.81. The van der Waals surface area contributed by atoms with Crippen LogP contribution >= 0.6 is 0 Å². The first-order chi connectivity index (χ1) is 12.5. The quantitative estimate of drug-likeness (QED) is 0.348. The predicted octanol–water partition coefficient (Wildman–Crippen LogP) is 5.60. The molecule has 1 heterocycles. The number of nitrogens with zero attached hydrogens (tertiary/aromatic N) is 6. The molecule has 0 radical (unpaired) electrons. The van der Waals surface area contributed by atoms with E-state index in [1.807, 2.05) is 25.1 Å². The molecule has 0 aliphatic carbocycles. The van der Waals surface area contributed by atoms with Crippen molar-refractivity contribution in [1.29, 1.82) is 5.26 Å². The summed E-state index contributed by atoms with van der Waals surface area (Å²) in [5, 5.41) is 16.9. The van der Waals surface area contributed by atoms with Crippen LogP contribution in [0.2, 0.25) is 0 Å². The number of halogens is 2. The lowest BCUT2D eigenvalue weighted by Crippen LogP contribution is -2.00. The molecule has 3 aromatic rings. The minimum absolute atomic E-state index is 0.164. The molecular formula is C18H12F2N6. The van der Waals surface area contributed by atoms with Gasteiger partial charge in [0.2, 0.25) is 0 Å². The molecule has 128 valence electrons. The van der Waals surface area contributed by atoms with Crippen molar-refractivity contribution >= 4 is 5.69 Å². The van der Waals surface area contributed by atoms with Crippen molar-refractivity contribution in [1.82, 2.24) is 9.78 Å². The number of hydrogen-bond acceptors (Lipinski definition) is 3. The number of hydrogen-bond donors (Lipinski definition) is 0. The summed E-state index contributed by atoms with van der Waals surface area (Å²) in [6.45, 7) is 1.91. The van der Waals surface area contributed by atoms with Gasteiger partial charge in [-0.3, -0.25) is 0 Å². The van der Waals surface area contributed by atoms with E-state index in [9.17, 15) is 14.0 Å². The van der Waals surface area contributed by atoms with E-state index in [-0.39, 0.29) is 5.56 Å². The summed E-state index contributed by atoms with van der Waals surface area (Å²) >= 11 is 0. The SMILES string of the molecule is Cc1ccc(-c2c(C#N)c(C(F)F)nn2-c2ccc(N=[N+]=[N-])cc2)cc1. The lowest BCUT2D eigenvalue weighted by Gasteiger charge is -2.09. The second-order valence-electron chi connectivity index (χ2n) is 5.51. The molecule has 0 fully saturated rings. The first-order valence-electron chi connectivity index (χ1n) is 7.59. The Morgan fingerprint density at radius 2 is 1.81 bits per heavy atom. The van der Waals surface area contributed by atoms with E-state index in [1.165, 1.54) is 4.68 Å². The van der Waals surface area contributed by atoms with E-state index < -0.39 is 12.1 Å². The Balaban J connectivity index is 2.25. The van der Waals surface area contributed by atoms with Crippen molar-refractivity contribution < 1.29 is 8.78 Å². The van der Waals surface area contributed by atoms with Crippen LogP contribution in [0.1, 0.15) is 23.2 Å². The maximum Gasteiger partial charge on any atom is 0.283 e. The number of nitriles is 1. The van der Waals surface area contributed by atoms with Gasteiger partial charge in [0.05, 0.1) is 11.4 Å². The number of azide groups is 1. The van der Waals surface area contributed by atoms with Gasteiger partial charge in [-0.2, -0.15) is 10.4 Å². The second-order valence-corrected chi connectivity index (χ2v) is 5.51. The van der Waals surface area contributed by atoms with Crippen molar-refractivity contribution in [3.05, 3.63) is 75.8 Å². The minimum Gasteiger partial charge on any atom is -0.231 e. The summed E-state index contributed by atoms with van der Waals surface area (Å²) in [4.78, 5) is 2.70. The van der Waals surface area contributed by atoms with Crippen LogP contribution in [-0.4, -0.2) is 9.78 Å². The fraction of sp³-hybridized carbons (Fsp3) is 0.111. The smallest absolute Gasteiger partial charge is 0.231 e. The van der Waals surface area contributed by atoms with Crippen molar-refractivity contribution in [3.8, 4) is 23.0 Å². The fourth-order valence-electron chi connectivity index (χ4n) is 2.57. The molecule has 0 saturated heterocycles. The van der Waals surface area contributed by atoms with E-state index in [4.69, 9.17) is 5.53 Å². The fourth-order valence-corrected chi connectivity index (χ4v) is 2.57. The number of rotatable bonds is 4. The summed E-state index contributed by atoms with van der Waals surface area (Å²) < 4.78 is 28.1. The minimum atomic E-state index is -2.88. The Kier molecular flexibility index (Phi) is 4.65. The zero-order valence-corrected chi connectivity index (χ0v) is 13.6. The van der Waals surface area contributed by atoms with Gasteiger partial charge in [0, 0.05) is 16.2 Å². The van der Waals surface area contributed by atoms with E-state index in [0.717, 1.165) is 5.56 Å². The van der Waals surface area contributed by atoms with Gasteiger partial charge in [0.15, 0.2) is 0 Å². The zero-order valence-electron chi connectivity index (χ0n) is 13.6. The number of benzene rings is 2. The van der Waals surface area contributed by atoms with Gasteiger partial charge in [-0.05, 0) is 24.6 Å². The normalized spacial score (nSPS) is 10.4. The Labute approximate surface area is 147 Å². The molecule has 0 atom stereocenters. The Morgan fingerprint density at radius 1 is 1.15 bits per heavy atom. The topological polar surface area (TPSA) is 90.4 Å². The third kappa shape index (κ3) is 3.11. The highest BCUT2D eigenvalue weighted by atomic mass is 19.3. The van der Waals surface area contributed by atoms with Gasteiger partial charge in [-0.25, -0.2) is 13.5 Å². The van der Waals surface area contributed by atoms with Gasteiger partial charge in [-0.15, -0.1) is 0 Å². The number of aryl methyl sites for hydroxylation is 1. The van der Waals surface area contributed by atoms with Gasteiger partial charge >= 0.3 is 0 Å². The molecular weight excluding hydrogens is 338 g/mol. The maximum absolute atomic E-state index is 13.4. The largest absolute Gasteiger partial charge is 0.283 e. The molecule has 0 bridgehead atoms. The highest BCUT2D eigenvalue weighted by molar-refractivity contribution is 5.71. The Hall–Kier alpha value is -3.69. The van der Waals surface area contributed by atoms with Gasteiger partial charge < -0.3 is 0 Å². The first-order valence-corrected chi connectivity index (χ1v) is 7.59. The van der Waals surface area contributed by atoms with Crippen LogP contribution in [0.5, 0.6) is 0 Å². The van der Waals surface area contributed by atoms with E-state index in [2.05, 4.69) is 15.1 Å². The van der Waals surface area contributed by atoms with Crippen LogP contribution in [0.4, 0.5) is 14.5 Å². The van der Waals surface area contributed by atoms with Crippen molar-refractivity contribution in [2.24, 2.45) is 5.11 Å². The summed E-state index contributed by atoms with van der Waals surface area (Å²) in [6.07, 6.45) is -2.88. The lowest BCUT2D eigenvalue weighted by atomic mass is 10.0. The molecule has 0 saturated carbocycles. The Bertz CT molecular complexity index is 1020. The van der Waals surface area contributed by atoms with Crippen LogP contribution in [0.3, 0.4) is 0 Å². The van der Waals surface area contributed by atoms with Crippen LogP contribution in [0.25, 0.3) is 27.4 Å². The van der Waals surface area contributed by atoms with E-state index >= 15 is 0 Å². The summed E-state index contributed by atoms with van der Waals surface area (Å²) in [5.74, 6) is 0. The molecule has 1 aromatic heterocycles. The molecule has 0 spiro atoms. The Morgan fingerprint density at radius 3 is 2.35 bits per heavy atom. The summed E-state index contributed by atoms with van der Waals surface area (Å²) in [7, 11) is 0. The molecule has 0 aliphatic rings. The molecule has 0 amide bonds. The van der Waals surface area contributed by atoms with Crippen molar-refractivity contribution in [2.75, 3.05) is 0 Å². The van der Waals surface area contributed by atoms with E-state index in [0.29, 0.717) is 22.6 Å². The van der Waals surface area contributed by atoms with Gasteiger partial charge in [0.1, 0.15) is 17.3 Å². The summed E-state index contributed by atoms with van der Waals surface area (Å²) in [6, 6.07) is 15.3. The van der Waals surface area contributed by atoms with Crippen LogP contribution in [-0.2, 0) is 0 Å². The molecule has 0 N–H and O–H groups in total. The molecule has 26 heavy (non-hydrogen) atoms.